The molecule has 10 aromatic rings. The van der Waals surface area contributed by atoms with E-state index in [4.69, 9.17) is 0 Å². The Hall–Kier alpha value is -4.28. The van der Waals surface area contributed by atoms with Gasteiger partial charge >= 0.3 is 76.2 Å². The zero-order valence-corrected chi connectivity index (χ0v) is 33.5. The van der Waals surface area contributed by atoms with Crippen LogP contribution < -0.4 is 79.1 Å². The van der Waals surface area contributed by atoms with Gasteiger partial charge in [-0.3, -0.25) is 0 Å². The summed E-state index contributed by atoms with van der Waals surface area (Å²) in [7, 11) is 0. The predicted octanol–water partition coefficient (Wildman–Crippen LogP) is 2.15. The second kappa shape index (κ2) is 25.6. The number of rotatable bonds is 0. The van der Waals surface area contributed by atoms with Crippen LogP contribution in [0.5, 0.6) is 0 Å². The number of aromatic nitrogens is 8. The Kier molecular flexibility index (Phi) is 21.6. The fourth-order valence-electron chi connectivity index (χ4n) is 4.11. The molecule has 11 heteroatoms. The summed E-state index contributed by atoms with van der Waals surface area (Å²) in [5.41, 5.74) is 3.32. The Morgan fingerprint density at radius 1 is 0.275 bits per heavy atom. The summed E-state index contributed by atoms with van der Waals surface area (Å²) in [4.78, 5) is 32.2. The molecule has 242 valence electrons. The van der Waals surface area contributed by atoms with Crippen LogP contribution in [0.4, 0.5) is 0 Å². The van der Waals surface area contributed by atoms with Gasteiger partial charge in [-0.05, 0) is 21.5 Å². The molecule has 0 saturated carbocycles. The predicted molar refractivity (Wildman–Crippen MR) is 193 cm³/mol. The minimum Gasteiger partial charge on any atom is -0.442 e. The van der Waals surface area contributed by atoms with E-state index < -0.39 is 0 Å². The Balaban J connectivity index is 0.000000211. The van der Waals surface area contributed by atoms with Crippen molar-refractivity contribution in [2.45, 2.75) is 0 Å². The molecular weight excluding hydrogens is 694 g/mol. The summed E-state index contributed by atoms with van der Waals surface area (Å²) in [6.07, 6.45) is 14.0. The molecule has 0 bridgehead atoms. The number of hydrogen-bond donors (Lipinski definition) is 0. The molecule has 0 aliphatic rings. The fourth-order valence-corrected chi connectivity index (χ4v) is 4.11. The van der Waals surface area contributed by atoms with Gasteiger partial charge in [-0.15, -0.1) is 0 Å². The first kappa shape index (κ1) is 42.9. The Morgan fingerprint density at radius 2 is 0.471 bits per heavy atom. The average Bonchev–Trinajstić information content (AvgIpc) is 4.01. The monoisotopic (exact) mass is 726 g/mol. The number of hydrogen-bond acceptors (Lipinski definition) is 4. The van der Waals surface area contributed by atoms with E-state index in [1.54, 1.807) is 49.6 Å². The van der Waals surface area contributed by atoms with Gasteiger partial charge in [-0.1, -0.05) is 218 Å². The maximum absolute atomic E-state index is 4.03. The summed E-state index contributed by atoms with van der Waals surface area (Å²) in [6, 6.07) is 47.4. The van der Waals surface area contributed by atoms with Crippen molar-refractivity contribution in [3.05, 3.63) is 195 Å². The number of benzene rings is 2. The van der Waals surface area contributed by atoms with Crippen molar-refractivity contribution < 1.29 is 76.2 Å². The van der Waals surface area contributed by atoms with E-state index >= 15 is 0 Å². The standard InChI is InChI=1S/4C7H5N2.2C6H6.Fe.2Na/c4*1-2-6-3-5-9-7(6)8-4-1;2*1-2-4-6-5-3-1;;;/h4*1-5H;2*1-6H;;;/q4*-1;;;+2;2*+1. The summed E-state index contributed by atoms with van der Waals surface area (Å²) >= 11 is 0. The van der Waals surface area contributed by atoms with Gasteiger partial charge in [0.15, 0.2) is 0 Å². The normalized spacial score (nSPS) is 9.10. The molecular formula is C40H32FeN8Na2. The molecule has 10 rings (SSSR count). The van der Waals surface area contributed by atoms with Crippen LogP contribution >= 0.6 is 0 Å². The van der Waals surface area contributed by atoms with E-state index in [9.17, 15) is 0 Å². The molecule has 0 amide bonds. The maximum atomic E-state index is 4.03. The fraction of sp³-hybridized carbons (Fsp3) is 0. The molecule has 0 unspecified atom stereocenters. The van der Waals surface area contributed by atoms with Crippen LogP contribution in [0.3, 0.4) is 0 Å². The third-order valence-corrected chi connectivity index (χ3v) is 6.40. The van der Waals surface area contributed by atoms with Crippen LogP contribution in [0.1, 0.15) is 0 Å². The summed E-state index contributed by atoms with van der Waals surface area (Å²) in [5, 5.41) is 4.44. The second-order valence-corrected chi connectivity index (χ2v) is 9.75. The van der Waals surface area contributed by atoms with Crippen molar-refractivity contribution in [1.29, 1.82) is 0 Å². The van der Waals surface area contributed by atoms with Crippen molar-refractivity contribution in [1.82, 2.24) is 39.9 Å². The first-order chi connectivity index (χ1) is 23.9. The van der Waals surface area contributed by atoms with Gasteiger partial charge < -0.3 is 39.9 Å². The zero-order chi connectivity index (χ0) is 32.9. The molecule has 51 heavy (non-hydrogen) atoms. The van der Waals surface area contributed by atoms with E-state index in [-0.39, 0.29) is 76.2 Å². The first-order valence-corrected chi connectivity index (χ1v) is 15.2. The smallest absolute Gasteiger partial charge is 0.442 e. The van der Waals surface area contributed by atoms with Crippen LogP contribution in [0.25, 0.3) is 44.1 Å². The van der Waals surface area contributed by atoms with E-state index in [0.717, 1.165) is 44.1 Å². The van der Waals surface area contributed by atoms with Crippen molar-refractivity contribution in [3.63, 3.8) is 0 Å². The van der Waals surface area contributed by atoms with Gasteiger partial charge in [0.1, 0.15) is 0 Å². The molecule has 8 heterocycles. The second-order valence-electron chi connectivity index (χ2n) is 9.75. The van der Waals surface area contributed by atoms with Gasteiger partial charge in [0.05, 0.1) is 0 Å². The van der Waals surface area contributed by atoms with Crippen LogP contribution in [0.15, 0.2) is 195 Å². The Labute approximate surface area is 352 Å². The molecule has 8 aromatic heterocycles. The molecule has 0 radical (unpaired) electrons. The number of pyridine rings is 4. The van der Waals surface area contributed by atoms with Gasteiger partial charge in [0.25, 0.3) is 0 Å². The molecule has 0 fully saturated rings. The van der Waals surface area contributed by atoms with Crippen LogP contribution in [-0.2, 0) is 17.1 Å². The third kappa shape index (κ3) is 15.2. The molecule has 0 atom stereocenters. The van der Waals surface area contributed by atoms with Crippen molar-refractivity contribution in [3.8, 4) is 0 Å². The van der Waals surface area contributed by atoms with Crippen LogP contribution in [0.2, 0.25) is 0 Å². The minimum atomic E-state index is 0. The van der Waals surface area contributed by atoms with Gasteiger partial charge in [-0.25, -0.2) is 0 Å². The average molecular weight is 727 g/mol. The van der Waals surface area contributed by atoms with Crippen molar-refractivity contribution in [2.24, 2.45) is 0 Å². The van der Waals surface area contributed by atoms with Crippen LogP contribution in [0, 0.1) is 0 Å². The van der Waals surface area contributed by atoms with E-state index in [1.807, 2.05) is 146 Å². The molecule has 0 aliphatic heterocycles. The van der Waals surface area contributed by atoms with Gasteiger partial charge in [-0.2, -0.15) is 0 Å². The van der Waals surface area contributed by atoms with E-state index in [1.165, 1.54) is 0 Å². The van der Waals surface area contributed by atoms with E-state index in [2.05, 4.69) is 39.9 Å². The third-order valence-electron chi connectivity index (χ3n) is 6.40. The minimum absolute atomic E-state index is 0. The summed E-state index contributed by atoms with van der Waals surface area (Å²) in [6.45, 7) is 0. The Bertz CT molecular complexity index is 1820. The topological polar surface area (TPSA) is 108 Å². The van der Waals surface area contributed by atoms with Crippen LogP contribution in [-0.4, -0.2) is 19.9 Å². The number of nitrogens with zero attached hydrogens (tertiary/aromatic N) is 8. The molecule has 0 aliphatic carbocycles. The SMILES string of the molecule is [Fe+2].[Na+].[Na+].c1ccccc1.c1ccccc1.c1cnc2[n-]ccc2c1.c1cnc2[n-]ccc2c1.c1cnc2[n-]ccc2c1.c1cnc2[n-]ccc2c1. The molecule has 0 N–H and O–H groups in total. The van der Waals surface area contributed by atoms with Gasteiger partial charge in [0, 0.05) is 0 Å². The molecule has 0 spiro atoms. The summed E-state index contributed by atoms with van der Waals surface area (Å²) in [5.74, 6) is 0. The van der Waals surface area contributed by atoms with Crippen molar-refractivity contribution in [2.75, 3.05) is 0 Å². The Morgan fingerprint density at radius 3 is 0.647 bits per heavy atom. The first-order valence-electron chi connectivity index (χ1n) is 15.2. The van der Waals surface area contributed by atoms with Gasteiger partial charge in [0.2, 0.25) is 0 Å². The maximum Gasteiger partial charge on any atom is 2.00 e. The molecule has 0 saturated heterocycles. The largest absolute Gasteiger partial charge is 2.00 e. The van der Waals surface area contributed by atoms with Crippen molar-refractivity contribution >= 4 is 44.1 Å². The molecule has 8 nitrogen and oxygen atoms in total. The molecule has 2 aromatic carbocycles. The van der Waals surface area contributed by atoms with E-state index in [0.29, 0.717) is 0 Å². The summed E-state index contributed by atoms with van der Waals surface area (Å²) < 4.78 is 0. The number of fused-ring (bicyclic) bond motifs is 4. The zero-order valence-electron chi connectivity index (χ0n) is 28.4. The quantitative estimate of drug-likeness (QED) is 0.219.